The minimum atomic E-state index is -0.711. The molecule has 3 aromatic rings. The highest BCUT2D eigenvalue weighted by Crippen LogP contribution is 2.43. The maximum Gasteiger partial charge on any atom is 0.190 e. The molecule has 3 aromatic carbocycles. The van der Waals surface area contributed by atoms with Crippen molar-refractivity contribution in [3.8, 4) is 0 Å². The molecule has 3 aliphatic heterocycles. The third kappa shape index (κ3) is 5.71. The van der Waals surface area contributed by atoms with Crippen molar-refractivity contribution < 1.29 is 23.7 Å². The van der Waals surface area contributed by atoms with Crippen LogP contribution in [0.15, 0.2) is 91.0 Å². The van der Waals surface area contributed by atoms with Gasteiger partial charge in [0.2, 0.25) is 0 Å². The van der Waals surface area contributed by atoms with Crippen molar-refractivity contribution in [2.24, 2.45) is 0 Å². The zero-order valence-electron chi connectivity index (χ0n) is 22.1. The average Bonchev–Trinajstić information content (AvgIpc) is 3.57. The highest BCUT2D eigenvalue weighted by atomic mass is 16.8. The van der Waals surface area contributed by atoms with Crippen LogP contribution in [0.4, 0.5) is 0 Å². The quantitative estimate of drug-likeness (QED) is 0.385. The van der Waals surface area contributed by atoms with E-state index in [1.807, 2.05) is 38.1 Å². The Balaban J connectivity index is 1.26. The Labute approximate surface area is 225 Å². The molecular weight excluding hydrogens is 478 g/mol. The third-order valence-electron chi connectivity index (χ3n) is 7.69. The Bertz CT molecular complexity index is 1160. The maximum atomic E-state index is 6.66. The van der Waals surface area contributed by atoms with Crippen molar-refractivity contribution in [1.82, 2.24) is 4.90 Å². The molecule has 200 valence electrons. The Morgan fingerprint density at radius 1 is 0.737 bits per heavy atom. The molecule has 0 aromatic heterocycles. The van der Waals surface area contributed by atoms with Gasteiger partial charge in [0.05, 0.1) is 25.4 Å². The number of likely N-dealkylation sites (tertiary alicyclic amines) is 1. The Morgan fingerprint density at radius 2 is 1.32 bits per heavy atom. The van der Waals surface area contributed by atoms with Crippen molar-refractivity contribution in [2.75, 3.05) is 6.54 Å². The fourth-order valence-corrected chi connectivity index (χ4v) is 5.96. The molecule has 0 N–H and O–H groups in total. The molecule has 6 atom stereocenters. The summed E-state index contributed by atoms with van der Waals surface area (Å²) < 4.78 is 32.4. The Kier molecular flexibility index (Phi) is 7.61. The van der Waals surface area contributed by atoms with Crippen molar-refractivity contribution >= 4 is 0 Å². The van der Waals surface area contributed by atoms with Gasteiger partial charge in [0.15, 0.2) is 12.1 Å². The predicted octanol–water partition coefficient (Wildman–Crippen LogP) is 5.31. The van der Waals surface area contributed by atoms with Gasteiger partial charge in [-0.1, -0.05) is 91.0 Å². The minimum absolute atomic E-state index is 0.000559. The molecule has 0 unspecified atom stereocenters. The summed E-state index contributed by atoms with van der Waals surface area (Å²) in [6.07, 6.45) is -0.378. The molecule has 3 aliphatic rings. The summed E-state index contributed by atoms with van der Waals surface area (Å²) in [6, 6.07) is 31.2. The predicted molar refractivity (Wildman–Crippen MR) is 144 cm³/mol. The summed E-state index contributed by atoms with van der Waals surface area (Å²) in [5.41, 5.74) is 3.56. The molecule has 0 bridgehead atoms. The van der Waals surface area contributed by atoms with E-state index in [2.05, 4.69) is 71.6 Å². The molecule has 3 fully saturated rings. The van der Waals surface area contributed by atoms with E-state index >= 15 is 0 Å². The highest BCUT2D eigenvalue weighted by Gasteiger charge is 2.59. The van der Waals surface area contributed by atoms with Gasteiger partial charge < -0.3 is 23.7 Å². The third-order valence-corrected chi connectivity index (χ3v) is 7.69. The second kappa shape index (κ2) is 11.3. The second-order valence-electron chi connectivity index (χ2n) is 10.9. The second-order valence-corrected chi connectivity index (χ2v) is 10.9. The zero-order valence-corrected chi connectivity index (χ0v) is 22.1. The molecule has 0 spiro atoms. The normalized spacial score (nSPS) is 30.5. The molecule has 38 heavy (non-hydrogen) atoms. The number of hydrogen-bond acceptors (Lipinski definition) is 6. The van der Waals surface area contributed by atoms with E-state index in [0.717, 1.165) is 25.1 Å². The first-order valence-corrected chi connectivity index (χ1v) is 13.7. The molecule has 0 aliphatic carbocycles. The van der Waals surface area contributed by atoms with E-state index < -0.39 is 12.1 Å². The van der Waals surface area contributed by atoms with Crippen molar-refractivity contribution in [3.05, 3.63) is 108 Å². The standard InChI is InChI=1S/C32H37NO5/c1-32(2)37-30-29(35-22-25-16-10-5-11-17-25)28(36-31(30)38-32)27-26(34-21-24-14-8-4-9-15-24)18-19-33(27)20-23-12-6-3-7-13-23/h3-17,26-31H,18-22H2,1-2H3/t26-,27+,28+,29-,30+,31+/m0/s1. The lowest BCUT2D eigenvalue weighted by atomic mass is 9.98. The van der Waals surface area contributed by atoms with Crippen LogP contribution in [0, 0.1) is 0 Å². The first kappa shape index (κ1) is 25.7. The minimum Gasteiger partial charge on any atom is -0.372 e. The van der Waals surface area contributed by atoms with Crippen molar-refractivity contribution in [2.45, 2.75) is 82.6 Å². The van der Waals surface area contributed by atoms with Crippen LogP contribution in [-0.2, 0) is 43.4 Å². The summed E-state index contributed by atoms with van der Waals surface area (Å²) in [6.45, 7) is 6.66. The topological polar surface area (TPSA) is 49.4 Å². The fourth-order valence-electron chi connectivity index (χ4n) is 5.96. The van der Waals surface area contributed by atoms with Gasteiger partial charge in [-0.05, 0) is 37.0 Å². The van der Waals surface area contributed by atoms with Crippen LogP contribution in [0.5, 0.6) is 0 Å². The molecule has 3 heterocycles. The van der Waals surface area contributed by atoms with Gasteiger partial charge in [-0.25, -0.2) is 0 Å². The number of benzene rings is 3. The van der Waals surface area contributed by atoms with Gasteiger partial charge in [-0.15, -0.1) is 0 Å². The number of ether oxygens (including phenoxy) is 5. The Morgan fingerprint density at radius 3 is 1.95 bits per heavy atom. The van der Waals surface area contributed by atoms with Crippen LogP contribution in [0.3, 0.4) is 0 Å². The molecule has 0 amide bonds. The van der Waals surface area contributed by atoms with Crippen molar-refractivity contribution in [1.29, 1.82) is 0 Å². The van der Waals surface area contributed by atoms with Gasteiger partial charge in [-0.2, -0.15) is 0 Å². The lowest BCUT2D eigenvalue weighted by Gasteiger charge is -2.36. The zero-order chi connectivity index (χ0) is 26.0. The van der Waals surface area contributed by atoms with E-state index in [0.29, 0.717) is 13.2 Å². The van der Waals surface area contributed by atoms with Crippen LogP contribution in [0.25, 0.3) is 0 Å². The first-order valence-electron chi connectivity index (χ1n) is 13.7. The number of rotatable bonds is 9. The van der Waals surface area contributed by atoms with E-state index in [1.165, 1.54) is 11.1 Å². The molecule has 0 saturated carbocycles. The molecule has 6 nitrogen and oxygen atoms in total. The number of fused-ring (bicyclic) bond motifs is 1. The lowest BCUT2D eigenvalue weighted by Crippen LogP contribution is -2.52. The largest absolute Gasteiger partial charge is 0.372 e. The van der Waals surface area contributed by atoms with Gasteiger partial charge in [-0.3, -0.25) is 4.90 Å². The van der Waals surface area contributed by atoms with Crippen LogP contribution in [0.2, 0.25) is 0 Å². The van der Waals surface area contributed by atoms with Crippen LogP contribution < -0.4 is 0 Å². The van der Waals surface area contributed by atoms with E-state index in [1.54, 1.807) is 0 Å². The summed E-state index contributed by atoms with van der Waals surface area (Å²) in [4.78, 5) is 2.49. The van der Waals surface area contributed by atoms with Crippen molar-refractivity contribution in [3.63, 3.8) is 0 Å². The maximum absolute atomic E-state index is 6.66. The summed E-state index contributed by atoms with van der Waals surface area (Å²) in [7, 11) is 0. The number of hydrogen-bond donors (Lipinski definition) is 0. The Hall–Kier alpha value is -2.58. The molecule has 0 radical (unpaired) electrons. The van der Waals surface area contributed by atoms with E-state index in [4.69, 9.17) is 23.7 Å². The van der Waals surface area contributed by atoms with E-state index in [-0.39, 0.29) is 30.5 Å². The van der Waals surface area contributed by atoms with Crippen LogP contribution in [-0.4, -0.2) is 54.0 Å². The van der Waals surface area contributed by atoms with E-state index in [9.17, 15) is 0 Å². The fraction of sp³-hybridized carbons (Fsp3) is 0.438. The SMILES string of the molecule is CC1(C)O[C@H]2O[C@H]([C@H]3[C@@H](OCc4ccccc4)CCN3Cc3ccccc3)[C@H](OCc3ccccc3)[C@H]2O1. The average molecular weight is 516 g/mol. The monoisotopic (exact) mass is 515 g/mol. The highest BCUT2D eigenvalue weighted by molar-refractivity contribution is 5.17. The van der Waals surface area contributed by atoms with Crippen LogP contribution >= 0.6 is 0 Å². The van der Waals surface area contributed by atoms with Gasteiger partial charge in [0.25, 0.3) is 0 Å². The van der Waals surface area contributed by atoms with Gasteiger partial charge >= 0.3 is 0 Å². The van der Waals surface area contributed by atoms with Gasteiger partial charge in [0, 0.05) is 13.1 Å². The summed E-state index contributed by atoms with van der Waals surface area (Å²) in [5, 5.41) is 0. The molecule has 3 saturated heterocycles. The first-order chi connectivity index (χ1) is 18.6. The summed E-state index contributed by atoms with van der Waals surface area (Å²) >= 11 is 0. The molecular formula is C32H37NO5. The molecule has 6 rings (SSSR count). The smallest absolute Gasteiger partial charge is 0.190 e. The number of nitrogens with zero attached hydrogens (tertiary/aromatic N) is 1. The molecule has 6 heteroatoms. The lowest BCUT2D eigenvalue weighted by molar-refractivity contribution is -0.229. The van der Waals surface area contributed by atoms with Crippen LogP contribution in [0.1, 0.15) is 37.0 Å². The van der Waals surface area contributed by atoms with Gasteiger partial charge in [0.1, 0.15) is 18.3 Å². The summed E-state index contributed by atoms with van der Waals surface area (Å²) in [5.74, 6) is -0.711.